The van der Waals surface area contributed by atoms with Crippen molar-refractivity contribution in [1.82, 2.24) is 4.90 Å². The van der Waals surface area contributed by atoms with Crippen LogP contribution < -0.4 is 5.32 Å². The Morgan fingerprint density at radius 3 is 2.53 bits per heavy atom. The number of fused-ring (bicyclic) bond motifs is 2. The zero-order chi connectivity index (χ0) is 22.7. The van der Waals surface area contributed by atoms with E-state index in [1.54, 1.807) is 0 Å². The van der Waals surface area contributed by atoms with E-state index in [0.717, 1.165) is 30.5 Å². The minimum atomic E-state index is -0.165. The molecule has 0 aromatic heterocycles. The van der Waals surface area contributed by atoms with Crippen molar-refractivity contribution in [2.75, 3.05) is 24.3 Å². The number of halogens is 2. The molecule has 2 aliphatic heterocycles. The zero-order valence-corrected chi connectivity index (χ0v) is 20.4. The summed E-state index contributed by atoms with van der Waals surface area (Å²) >= 11 is 9.22. The van der Waals surface area contributed by atoms with Crippen LogP contribution in [0.2, 0.25) is 5.02 Å². The molecule has 1 amide bonds. The number of hydrogen-bond donors (Lipinski definition) is 1. The van der Waals surface area contributed by atoms with Crippen molar-refractivity contribution < 1.29 is 14.3 Å². The summed E-state index contributed by atoms with van der Waals surface area (Å²) in [6.45, 7) is 0.343. The number of amides is 1. The van der Waals surface area contributed by atoms with Crippen LogP contribution in [0.5, 0.6) is 0 Å². The van der Waals surface area contributed by atoms with Crippen molar-refractivity contribution in [3.05, 3.63) is 64.7 Å². The lowest BCUT2D eigenvalue weighted by Crippen LogP contribution is -2.49. The van der Waals surface area contributed by atoms with Gasteiger partial charge in [0.1, 0.15) is 0 Å². The third-order valence-corrected chi connectivity index (χ3v) is 7.59. The summed E-state index contributed by atoms with van der Waals surface area (Å²) in [4.78, 5) is 27.1. The van der Waals surface area contributed by atoms with Gasteiger partial charge in [-0.15, -0.1) is 0 Å². The van der Waals surface area contributed by atoms with E-state index < -0.39 is 0 Å². The SMILES string of the molecule is CN1C2CC[C@@H]1C[C@H](c1ccc(Cl)cc1)C2C(=O)OCCc1ccc(NC(=O)CBr)cc1. The van der Waals surface area contributed by atoms with Crippen LogP contribution >= 0.6 is 27.5 Å². The molecule has 7 heteroatoms. The number of ether oxygens (including phenoxy) is 1. The molecule has 0 radical (unpaired) electrons. The van der Waals surface area contributed by atoms with Crippen LogP contribution in [0.3, 0.4) is 0 Å². The van der Waals surface area contributed by atoms with Crippen LogP contribution in [0.1, 0.15) is 36.3 Å². The first-order chi connectivity index (χ1) is 15.5. The predicted octanol–water partition coefficient (Wildman–Crippen LogP) is 5.03. The largest absolute Gasteiger partial charge is 0.465 e. The number of anilines is 1. The first kappa shape index (κ1) is 23.3. The van der Waals surface area contributed by atoms with Crippen LogP contribution in [-0.2, 0) is 20.7 Å². The maximum absolute atomic E-state index is 13.3. The molecular weight excluding hydrogens is 492 g/mol. The average molecular weight is 520 g/mol. The van der Waals surface area contributed by atoms with Crippen LogP contribution in [0.4, 0.5) is 5.69 Å². The Morgan fingerprint density at radius 2 is 1.84 bits per heavy atom. The van der Waals surface area contributed by atoms with Crippen molar-refractivity contribution in [3.8, 4) is 0 Å². The molecule has 2 heterocycles. The molecule has 2 aromatic carbocycles. The fourth-order valence-electron chi connectivity index (χ4n) is 5.16. The highest BCUT2D eigenvalue weighted by Crippen LogP contribution is 2.46. The van der Waals surface area contributed by atoms with Gasteiger partial charge in [0.2, 0.25) is 5.91 Å². The highest BCUT2D eigenvalue weighted by atomic mass is 79.9. The van der Waals surface area contributed by atoms with Gasteiger partial charge >= 0.3 is 5.97 Å². The molecule has 2 saturated heterocycles. The molecule has 4 atom stereocenters. The van der Waals surface area contributed by atoms with Gasteiger partial charge in [0, 0.05) is 35.1 Å². The van der Waals surface area contributed by atoms with Crippen LogP contribution in [0.15, 0.2) is 48.5 Å². The van der Waals surface area contributed by atoms with E-state index in [1.807, 2.05) is 48.5 Å². The molecule has 1 N–H and O–H groups in total. The monoisotopic (exact) mass is 518 g/mol. The summed E-state index contributed by atoms with van der Waals surface area (Å²) in [5.41, 5.74) is 2.98. The summed E-state index contributed by atoms with van der Waals surface area (Å²) < 4.78 is 5.80. The normalized spacial score (nSPS) is 24.8. The van der Waals surface area contributed by atoms with E-state index >= 15 is 0 Å². The smallest absolute Gasteiger partial charge is 0.311 e. The molecule has 0 spiro atoms. The third-order valence-electron chi connectivity index (χ3n) is 6.83. The van der Waals surface area contributed by atoms with Gasteiger partial charge < -0.3 is 10.1 Å². The molecule has 2 unspecified atom stereocenters. The first-order valence-corrected chi connectivity index (χ1v) is 12.5. The molecule has 32 heavy (non-hydrogen) atoms. The number of rotatable bonds is 7. The lowest BCUT2D eigenvalue weighted by atomic mass is 9.76. The van der Waals surface area contributed by atoms with Gasteiger partial charge in [0.05, 0.1) is 17.9 Å². The predicted molar refractivity (Wildman–Crippen MR) is 130 cm³/mol. The van der Waals surface area contributed by atoms with E-state index in [2.05, 4.69) is 33.2 Å². The fraction of sp³-hybridized carbons (Fsp3) is 0.440. The summed E-state index contributed by atoms with van der Waals surface area (Å²) in [6, 6.07) is 16.3. The van der Waals surface area contributed by atoms with Gasteiger partial charge in [0.25, 0.3) is 0 Å². The number of alkyl halides is 1. The van der Waals surface area contributed by atoms with Crippen molar-refractivity contribution in [2.45, 2.75) is 43.7 Å². The maximum Gasteiger partial charge on any atom is 0.311 e. The zero-order valence-electron chi connectivity index (χ0n) is 18.1. The van der Waals surface area contributed by atoms with E-state index in [0.29, 0.717) is 24.1 Å². The van der Waals surface area contributed by atoms with E-state index in [1.165, 1.54) is 5.56 Å². The Hall–Kier alpha value is -1.89. The number of nitrogens with one attached hydrogen (secondary N) is 1. The van der Waals surface area contributed by atoms with Gasteiger partial charge in [-0.3, -0.25) is 14.5 Å². The minimum absolute atomic E-state index is 0.0893. The second-order valence-electron chi connectivity index (χ2n) is 8.68. The summed E-state index contributed by atoms with van der Waals surface area (Å²) in [5.74, 6) is -0.204. The molecule has 2 bridgehead atoms. The van der Waals surface area contributed by atoms with Crippen molar-refractivity contribution in [2.24, 2.45) is 5.92 Å². The molecule has 0 aliphatic carbocycles. The molecule has 170 valence electrons. The number of carbonyl (C=O) groups excluding carboxylic acids is 2. The highest BCUT2D eigenvalue weighted by Gasteiger charge is 2.49. The first-order valence-electron chi connectivity index (χ1n) is 11.0. The number of nitrogens with zero attached hydrogens (tertiary/aromatic N) is 1. The van der Waals surface area contributed by atoms with E-state index in [-0.39, 0.29) is 35.1 Å². The van der Waals surface area contributed by atoms with Gasteiger partial charge in [-0.1, -0.05) is 51.8 Å². The summed E-state index contributed by atoms with van der Waals surface area (Å²) in [6.07, 6.45) is 3.77. The Morgan fingerprint density at radius 1 is 1.12 bits per heavy atom. The Bertz CT molecular complexity index is 951. The van der Waals surface area contributed by atoms with Crippen LogP contribution in [-0.4, -0.2) is 47.8 Å². The Kier molecular flexibility index (Phi) is 7.54. The van der Waals surface area contributed by atoms with E-state index in [4.69, 9.17) is 16.3 Å². The minimum Gasteiger partial charge on any atom is -0.465 e. The lowest BCUT2D eigenvalue weighted by molar-refractivity contribution is -0.153. The third kappa shape index (κ3) is 5.19. The topological polar surface area (TPSA) is 58.6 Å². The van der Waals surface area contributed by atoms with Crippen molar-refractivity contribution >= 4 is 45.1 Å². The van der Waals surface area contributed by atoms with Gasteiger partial charge in [-0.05, 0) is 61.7 Å². The lowest BCUT2D eigenvalue weighted by Gasteiger charge is -2.42. The highest BCUT2D eigenvalue weighted by molar-refractivity contribution is 9.09. The maximum atomic E-state index is 13.3. The average Bonchev–Trinajstić information content (AvgIpc) is 3.02. The Balaban J connectivity index is 1.39. The molecule has 2 aromatic rings. The number of carbonyl (C=O) groups is 2. The molecule has 2 aliphatic rings. The standard InChI is InChI=1S/C25H28BrClN2O3/c1-29-20-10-11-22(29)24(21(14-20)17-4-6-18(27)7-5-17)25(31)32-13-12-16-2-8-19(9-3-16)28-23(30)15-26/h2-9,20-22,24H,10-15H2,1H3,(H,28,30)/t20-,21-,22?,24?/m1/s1. The molecule has 5 nitrogen and oxygen atoms in total. The number of piperidine rings is 1. The quantitative estimate of drug-likeness (QED) is 0.412. The Labute approximate surface area is 202 Å². The summed E-state index contributed by atoms with van der Waals surface area (Å²) in [7, 11) is 2.14. The van der Waals surface area contributed by atoms with Crippen LogP contribution in [0, 0.1) is 5.92 Å². The van der Waals surface area contributed by atoms with Gasteiger partial charge in [0.15, 0.2) is 0 Å². The van der Waals surface area contributed by atoms with Crippen molar-refractivity contribution in [3.63, 3.8) is 0 Å². The molecule has 0 saturated carbocycles. The van der Waals surface area contributed by atoms with Crippen molar-refractivity contribution in [1.29, 1.82) is 0 Å². The van der Waals surface area contributed by atoms with E-state index in [9.17, 15) is 9.59 Å². The fourth-order valence-corrected chi connectivity index (χ4v) is 5.42. The van der Waals surface area contributed by atoms with Gasteiger partial charge in [-0.2, -0.15) is 0 Å². The number of esters is 1. The molecular formula is C25H28BrClN2O3. The molecule has 4 rings (SSSR count). The second-order valence-corrected chi connectivity index (χ2v) is 9.68. The number of benzene rings is 2. The van der Waals surface area contributed by atoms with Gasteiger partial charge in [-0.25, -0.2) is 0 Å². The number of hydrogen-bond acceptors (Lipinski definition) is 4. The van der Waals surface area contributed by atoms with Crippen LogP contribution in [0.25, 0.3) is 0 Å². The summed E-state index contributed by atoms with van der Waals surface area (Å²) in [5, 5.41) is 3.77. The second kappa shape index (κ2) is 10.4. The molecule has 2 fully saturated rings.